The molecule has 0 amide bonds. The number of carbonyl (C=O) groups is 4. The maximum atomic E-state index is 13.6. The molecule has 188 valence electrons. The summed E-state index contributed by atoms with van der Waals surface area (Å²) in [6.45, 7) is 8.13. The summed E-state index contributed by atoms with van der Waals surface area (Å²) >= 11 is 0. The second-order valence-corrected chi connectivity index (χ2v) is 9.88. The van der Waals surface area contributed by atoms with Gasteiger partial charge in [-0.1, -0.05) is 29.8 Å². The lowest BCUT2D eigenvalue weighted by Gasteiger charge is -2.36. The Bertz CT molecular complexity index is 1330. The SMILES string of the molecule is CC(=O)OC/C=C1/Cc2c(O)c3c(c(OC(C)=O)c2[C@@H](OC(C)(C)C)C1)C(=O)c1ccccc1C3=O. The summed E-state index contributed by atoms with van der Waals surface area (Å²) in [4.78, 5) is 50.5. The summed E-state index contributed by atoms with van der Waals surface area (Å²) < 4.78 is 17.0. The number of esters is 2. The Morgan fingerprint density at radius 2 is 1.64 bits per heavy atom. The molecule has 1 atom stereocenters. The number of ketones is 2. The van der Waals surface area contributed by atoms with E-state index in [9.17, 15) is 24.3 Å². The number of rotatable bonds is 4. The highest BCUT2D eigenvalue weighted by molar-refractivity contribution is 6.30. The Morgan fingerprint density at radius 3 is 2.19 bits per heavy atom. The smallest absolute Gasteiger partial charge is 0.308 e. The zero-order valence-electron chi connectivity index (χ0n) is 20.9. The van der Waals surface area contributed by atoms with Crippen LogP contribution >= 0.6 is 0 Å². The van der Waals surface area contributed by atoms with Gasteiger partial charge in [-0.25, -0.2) is 0 Å². The highest BCUT2D eigenvalue weighted by atomic mass is 16.5. The highest BCUT2D eigenvalue weighted by Crippen LogP contribution is 2.51. The molecule has 1 N–H and O–H groups in total. The van der Waals surface area contributed by atoms with Crippen LogP contribution in [0.3, 0.4) is 0 Å². The third kappa shape index (κ3) is 4.68. The maximum Gasteiger partial charge on any atom is 0.308 e. The molecule has 0 heterocycles. The molecule has 0 saturated carbocycles. The number of aromatic hydroxyl groups is 1. The van der Waals surface area contributed by atoms with Gasteiger partial charge in [0.15, 0.2) is 11.6 Å². The van der Waals surface area contributed by atoms with Crippen molar-refractivity contribution >= 4 is 23.5 Å². The Kier molecular flexibility index (Phi) is 6.58. The first-order valence-electron chi connectivity index (χ1n) is 11.7. The topological polar surface area (TPSA) is 116 Å². The molecule has 8 nitrogen and oxygen atoms in total. The second kappa shape index (κ2) is 9.35. The van der Waals surface area contributed by atoms with Gasteiger partial charge >= 0.3 is 11.9 Å². The van der Waals surface area contributed by atoms with Gasteiger partial charge in [0.05, 0.1) is 22.8 Å². The van der Waals surface area contributed by atoms with Crippen LogP contribution in [0, 0.1) is 0 Å². The van der Waals surface area contributed by atoms with Gasteiger partial charge in [0.25, 0.3) is 0 Å². The number of benzene rings is 2. The molecule has 2 aliphatic carbocycles. The molecule has 2 aliphatic rings. The lowest BCUT2D eigenvalue weighted by molar-refractivity contribution is -0.139. The van der Waals surface area contributed by atoms with E-state index in [1.165, 1.54) is 26.0 Å². The number of fused-ring (bicyclic) bond motifs is 3. The highest BCUT2D eigenvalue weighted by Gasteiger charge is 2.42. The van der Waals surface area contributed by atoms with Gasteiger partial charge in [-0.05, 0) is 39.7 Å². The number of phenols is 1. The van der Waals surface area contributed by atoms with Crippen molar-refractivity contribution in [3.8, 4) is 11.5 Å². The summed E-state index contributed by atoms with van der Waals surface area (Å²) in [6.07, 6.45) is 1.56. The Labute approximate surface area is 208 Å². The average Bonchev–Trinajstić information content (AvgIpc) is 2.77. The van der Waals surface area contributed by atoms with Crippen LogP contribution < -0.4 is 4.74 Å². The number of carbonyl (C=O) groups excluding carboxylic acids is 4. The fourth-order valence-electron chi connectivity index (χ4n) is 4.74. The Morgan fingerprint density at radius 1 is 1.03 bits per heavy atom. The van der Waals surface area contributed by atoms with E-state index in [-0.39, 0.29) is 46.8 Å². The van der Waals surface area contributed by atoms with E-state index in [4.69, 9.17) is 14.2 Å². The lowest BCUT2D eigenvalue weighted by atomic mass is 9.76. The first-order chi connectivity index (χ1) is 16.9. The van der Waals surface area contributed by atoms with E-state index in [0.29, 0.717) is 17.5 Å². The van der Waals surface area contributed by atoms with Crippen LogP contribution in [-0.4, -0.2) is 40.8 Å². The van der Waals surface area contributed by atoms with Crippen LogP contribution in [0.5, 0.6) is 11.5 Å². The minimum absolute atomic E-state index is 0.0372. The molecule has 0 saturated heterocycles. The molecule has 0 bridgehead atoms. The normalized spacial score (nSPS) is 17.8. The summed E-state index contributed by atoms with van der Waals surface area (Å²) in [6, 6.07) is 6.34. The standard InChI is InChI=1S/C28H28O8/c1-14(29)34-11-10-16-12-19-21(20(13-16)36-28(3,4)5)27(35-15(2)30)23-22(26(19)33)24(31)17-8-6-7-9-18(17)25(23)32/h6-10,20,33H,11-13H2,1-5H3/b16-10-/t20-/m0/s1. The van der Waals surface area contributed by atoms with Crippen molar-refractivity contribution in [2.75, 3.05) is 6.61 Å². The lowest BCUT2D eigenvalue weighted by Crippen LogP contribution is -2.30. The molecule has 8 heteroatoms. The summed E-state index contributed by atoms with van der Waals surface area (Å²) in [5.74, 6) is -2.55. The summed E-state index contributed by atoms with van der Waals surface area (Å²) in [5, 5.41) is 11.4. The van der Waals surface area contributed by atoms with Gasteiger partial charge in [-0.3, -0.25) is 19.2 Å². The Hall–Kier alpha value is -3.78. The molecule has 0 unspecified atom stereocenters. The maximum absolute atomic E-state index is 13.6. The van der Waals surface area contributed by atoms with Crippen LogP contribution in [0.15, 0.2) is 35.9 Å². The third-order valence-electron chi connectivity index (χ3n) is 6.01. The van der Waals surface area contributed by atoms with E-state index in [2.05, 4.69) is 0 Å². The number of phenolic OH excluding ortho intramolecular Hbond substituents is 1. The molecule has 0 aliphatic heterocycles. The molecule has 0 aromatic heterocycles. The molecule has 2 aromatic carbocycles. The third-order valence-corrected chi connectivity index (χ3v) is 6.01. The van der Waals surface area contributed by atoms with Gasteiger partial charge in [0, 0.05) is 36.1 Å². The van der Waals surface area contributed by atoms with Crippen molar-refractivity contribution in [2.24, 2.45) is 0 Å². The number of hydrogen-bond acceptors (Lipinski definition) is 8. The van der Waals surface area contributed by atoms with E-state index < -0.39 is 35.2 Å². The summed E-state index contributed by atoms with van der Waals surface area (Å²) in [7, 11) is 0. The molecule has 0 radical (unpaired) electrons. The van der Waals surface area contributed by atoms with Gasteiger partial charge in [-0.15, -0.1) is 0 Å². The molecule has 36 heavy (non-hydrogen) atoms. The monoisotopic (exact) mass is 492 g/mol. The van der Waals surface area contributed by atoms with Crippen molar-refractivity contribution in [3.63, 3.8) is 0 Å². The second-order valence-electron chi connectivity index (χ2n) is 9.88. The zero-order chi connectivity index (χ0) is 26.4. The zero-order valence-corrected chi connectivity index (χ0v) is 20.9. The van der Waals surface area contributed by atoms with Crippen molar-refractivity contribution in [3.05, 3.63) is 69.3 Å². The molecular formula is C28H28O8. The minimum atomic E-state index is -0.706. The van der Waals surface area contributed by atoms with E-state index in [1.54, 1.807) is 18.2 Å². The fraction of sp³-hybridized carbons (Fsp3) is 0.357. The van der Waals surface area contributed by atoms with Crippen LogP contribution in [0.1, 0.15) is 90.1 Å². The van der Waals surface area contributed by atoms with Gasteiger partial charge in [0.1, 0.15) is 18.1 Å². The predicted octanol–water partition coefficient (Wildman–Crippen LogP) is 4.38. The molecule has 2 aromatic rings. The summed E-state index contributed by atoms with van der Waals surface area (Å²) in [5.41, 5.74) is 0.881. The van der Waals surface area contributed by atoms with Crippen molar-refractivity contribution in [1.82, 2.24) is 0 Å². The number of hydrogen-bond donors (Lipinski definition) is 1. The van der Waals surface area contributed by atoms with Crippen molar-refractivity contribution in [2.45, 2.75) is 59.2 Å². The first kappa shape index (κ1) is 25.3. The molecule has 0 fully saturated rings. The van der Waals surface area contributed by atoms with Crippen molar-refractivity contribution < 1.29 is 38.5 Å². The van der Waals surface area contributed by atoms with Crippen LogP contribution in [-0.2, 0) is 25.5 Å². The quantitative estimate of drug-likeness (QED) is 0.324. The van der Waals surface area contributed by atoms with Crippen LogP contribution in [0.2, 0.25) is 0 Å². The molecule has 0 spiro atoms. The first-order valence-corrected chi connectivity index (χ1v) is 11.7. The van der Waals surface area contributed by atoms with Gasteiger partial charge < -0.3 is 19.3 Å². The van der Waals surface area contributed by atoms with E-state index in [0.717, 1.165) is 5.57 Å². The predicted molar refractivity (Wildman–Crippen MR) is 129 cm³/mol. The van der Waals surface area contributed by atoms with Gasteiger partial charge in [0.2, 0.25) is 0 Å². The van der Waals surface area contributed by atoms with Crippen LogP contribution in [0.25, 0.3) is 0 Å². The van der Waals surface area contributed by atoms with Crippen molar-refractivity contribution in [1.29, 1.82) is 0 Å². The van der Waals surface area contributed by atoms with Crippen LogP contribution in [0.4, 0.5) is 0 Å². The molecular weight excluding hydrogens is 464 g/mol. The van der Waals surface area contributed by atoms with Gasteiger partial charge in [-0.2, -0.15) is 0 Å². The van der Waals surface area contributed by atoms with E-state index in [1.807, 2.05) is 20.8 Å². The fourth-order valence-corrected chi connectivity index (χ4v) is 4.74. The number of ether oxygens (including phenoxy) is 3. The largest absolute Gasteiger partial charge is 0.507 e. The van der Waals surface area contributed by atoms with E-state index >= 15 is 0 Å². The average molecular weight is 493 g/mol. The minimum Gasteiger partial charge on any atom is -0.507 e. The Balaban J connectivity index is 1.99. The molecule has 4 rings (SSSR count).